The van der Waals surface area contributed by atoms with Crippen molar-refractivity contribution in [2.24, 2.45) is 0 Å². The Bertz CT molecular complexity index is 602. The van der Waals surface area contributed by atoms with Gasteiger partial charge in [0.1, 0.15) is 5.82 Å². The van der Waals surface area contributed by atoms with Gasteiger partial charge in [-0.05, 0) is 18.6 Å². The molecular weight excluding hydrogens is 291 g/mol. The molecule has 2 rings (SSSR count). The Hall–Kier alpha value is -1.14. The third-order valence-corrected chi connectivity index (χ3v) is 5.67. The van der Waals surface area contributed by atoms with E-state index in [-0.39, 0.29) is 29.4 Å². The number of nitrogens with zero attached hydrogens (tertiary/aromatic N) is 1. The molecule has 0 saturated carbocycles. The van der Waals surface area contributed by atoms with Crippen LogP contribution in [0.1, 0.15) is 25.8 Å². The molecular formula is C15H23FN2O2S. The fourth-order valence-electron chi connectivity index (χ4n) is 2.64. The quantitative estimate of drug-likeness (QED) is 0.902. The minimum atomic E-state index is -2.95. The lowest BCUT2D eigenvalue weighted by Gasteiger charge is -2.28. The van der Waals surface area contributed by atoms with Crippen LogP contribution >= 0.6 is 0 Å². The Morgan fingerprint density at radius 2 is 2.14 bits per heavy atom. The summed E-state index contributed by atoms with van der Waals surface area (Å²) in [5.41, 5.74) is 1.36. The van der Waals surface area contributed by atoms with Crippen molar-refractivity contribution >= 4 is 15.5 Å². The average molecular weight is 314 g/mol. The van der Waals surface area contributed by atoms with Crippen LogP contribution in [0.15, 0.2) is 18.2 Å². The summed E-state index contributed by atoms with van der Waals surface area (Å²) in [7, 11) is -1.10. The molecule has 6 heteroatoms. The van der Waals surface area contributed by atoms with Crippen molar-refractivity contribution in [3.63, 3.8) is 0 Å². The number of hydrogen-bond donors (Lipinski definition) is 1. The predicted octanol–water partition coefficient (Wildman–Crippen LogP) is 1.95. The van der Waals surface area contributed by atoms with Gasteiger partial charge in [-0.15, -0.1) is 0 Å². The fourth-order valence-corrected chi connectivity index (χ4v) is 4.41. The number of rotatable bonds is 5. The Balaban J connectivity index is 2.24. The SMILES string of the molecule is CC(C)NCc1c(F)cccc1N(C)C1CCS(=O)(=O)C1. The average Bonchev–Trinajstić information content (AvgIpc) is 2.76. The van der Waals surface area contributed by atoms with Gasteiger partial charge in [0.15, 0.2) is 9.84 Å². The largest absolute Gasteiger partial charge is 0.370 e. The molecule has 1 aromatic carbocycles. The molecule has 1 unspecified atom stereocenters. The molecule has 21 heavy (non-hydrogen) atoms. The third kappa shape index (κ3) is 3.95. The number of nitrogens with one attached hydrogen (secondary N) is 1. The summed E-state index contributed by atoms with van der Waals surface area (Å²) >= 11 is 0. The topological polar surface area (TPSA) is 49.4 Å². The zero-order valence-electron chi connectivity index (χ0n) is 12.8. The molecule has 0 aliphatic carbocycles. The van der Waals surface area contributed by atoms with E-state index in [2.05, 4.69) is 5.32 Å². The summed E-state index contributed by atoms with van der Waals surface area (Å²) in [6.45, 7) is 4.45. The Kier molecular flexibility index (Phi) is 4.88. The molecule has 0 aromatic heterocycles. The second kappa shape index (κ2) is 6.32. The standard InChI is InChI=1S/C15H23FN2O2S/c1-11(2)17-9-13-14(16)5-4-6-15(13)18(3)12-7-8-21(19,20)10-12/h4-6,11-12,17H,7-10H2,1-3H3. The van der Waals surface area contributed by atoms with Crippen molar-refractivity contribution in [2.75, 3.05) is 23.5 Å². The van der Waals surface area contributed by atoms with Crippen molar-refractivity contribution in [1.82, 2.24) is 5.32 Å². The Morgan fingerprint density at radius 3 is 2.71 bits per heavy atom. The number of benzene rings is 1. The summed E-state index contributed by atoms with van der Waals surface area (Å²) < 4.78 is 37.4. The fraction of sp³-hybridized carbons (Fsp3) is 0.600. The molecule has 1 saturated heterocycles. The van der Waals surface area contributed by atoms with E-state index < -0.39 is 9.84 Å². The molecule has 118 valence electrons. The van der Waals surface area contributed by atoms with Gasteiger partial charge < -0.3 is 10.2 Å². The molecule has 1 atom stereocenters. The van der Waals surface area contributed by atoms with Gasteiger partial charge in [-0.25, -0.2) is 12.8 Å². The van der Waals surface area contributed by atoms with Crippen LogP contribution in [0.4, 0.5) is 10.1 Å². The normalized spacial score (nSPS) is 20.9. The van der Waals surface area contributed by atoms with Crippen LogP contribution in [0.3, 0.4) is 0 Å². The molecule has 1 aliphatic heterocycles. The van der Waals surface area contributed by atoms with Gasteiger partial charge in [0.05, 0.1) is 11.5 Å². The highest BCUT2D eigenvalue weighted by atomic mass is 32.2. The lowest BCUT2D eigenvalue weighted by atomic mass is 10.1. The van der Waals surface area contributed by atoms with E-state index in [1.165, 1.54) is 6.07 Å². The molecule has 0 bridgehead atoms. The monoisotopic (exact) mass is 314 g/mol. The minimum absolute atomic E-state index is 0.0744. The van der Waals surface area contributed by atoms with Crippen LogP contribution in [0.5, 0.6) is 0 Å². The Morgan fingerprint density at radius 1 is 1.43 bits per heavy atom. The van der Waals surface area contributed by atoms with Gasteiger partial charge in [-0.1, -0.05) is 19.9 Å². The molecule has 0 radical (unpaired) electrons. The zero-order valence-corrected chi connectivity index (χ0v) is 13.6. The lowest BCUT2D eigenvalue weighted by molar-refractivity contribution is 0.550. The summed E-state index contributed by atoms with van der Waals surface area (Å²) in [4.78, 5) is 1.91. The van der Waals surface area contributed by atoms with E-state index in [1.807, 2.05) is 31.9 Å². The smallest absolute Gasteiger partial charge is 0.152 e. The first-order chi connectivity index (χ1) is 9.80. The van der Waals surface area contributed by atoms with E-state index in [9.17, 15) is 12.8 Å². The van der Waals surface area contributed by atoms with E-state index in [1.54, 1.807) is 6.07 Å². The number of hydrogen-bond acceptors (Lipinski definition) is 4. The van der Waals surface area contributed by atoms with Gasteiger partial charge in [0, 0.05) is 36.9 Å². The minimum Gasteiger partial charge on any atom is -0.370 e. The molecule has 4 nitrogen and oxygen atoms in total. The molecule has 1 aromatic rings. The van der Waals surface area contributed by atoms with E-state index >= 15 is 0 Å². The zero-order chi connectivity index (χ0) is 15.6. The van der Waals surface area contributed by atoms with Crippen LogP contribution in [-0.2, 0) is 16.4 Å². The summed E-state index contributed by atoms with van der Waals surface area (Å²) in [5.74, 6) is 0.113. The van der Waals surface area contributed by atoms with E-state index in [0.29, 0.717) is 18.5 Å². The second-order valence-electron chi connectivity index (χ2n) is 5.94. The number of sulfone groups is 1. The van der Waals surface area contributed by atoms with Crippen LogP contribution in [0.25, 0.3) is 0 Å². The van der Waals surface area contributed by atoms with Crippen LogP contribution in [0, 0.1) is 5.82 Å². The maximum absolute atomic E-state index is 14.1. The first-order valence-electron chi connectivity index (χ1n) is 7.24. The maximum Gasteiger partial charge on any atom is 0.152 e. The van der Waals surface area contributed by atoms with Gasteiger partial charge in [-0.2, -0.15) is 0 Å². The molecule has 0 amide bonds. The van der Waals surface area contributed by atoms with Gasteiger partial charge in [-0.3, -0.25) is 0 Å². The van der Waals surface area contributed by atoms with Gasteiger partial charge in [0.2, 0.25) is 0 Å². The van der Waals surface area contributed by atoms with Crippen LogP contribution in [-0.4, -0.2) is 39.1 Å². The molecule has 1 fully saturated rings. The summed E-state index contributed by atoms with van der Waals surface area (Å²) in [6.07, 6.45) is 0.604. The Labute approximate surface area is 126 Å². The molecule has 1 heterocycles. The third-order valence-electron chi connectivity index (χ3n) is 3.92. The second-order valence-corrected chi connectivity index (χ2v) is 8.17. The van der Waals surface area contributed by atoms with E-state index in [4.69, 9.17) is 0 Å². The van der Waals surface area contributed by atoms with Crippen molar-refractivity contribution in [3.8, 4) is 0 Å². The highest BCUT2D eigenvalue weighted by Crippen LogP contribution is 2.27. The molecule has 1 N–H and O–H groups in total. The summed E-state index contributed by atoms with van der Waals surface area (Å²) in [5, 5.41) is 3.22. The maximum atomic E-state index is 14.1. The highest BCUT2D eigenvalue weighted by molar-refractivity contribution is 7.91. The highest BCUT2D eigenvalue weighted by Gasteiger charge is 2.31. The van der Waals surface area contributed by atoms with Crippen molar-refractivity contribution in [2.45, 2.75) is 38.9 Å². The molecule has 0 spiro atoms. The first kappa shape index (κ1) is 16.2. The van der Waals surface area contributed by atoms with Gasteiger partial charge >= 0.3 is 0 Å². The summed E-state index contributed by atoms with van der Waals surface area (Å²) in [6, 6.07) is 5.15. The van der Waals surface area contributed by atoms with Gasteiger partial charge in [0.25, 0.3) is 0 Å². The van der Waals surface area contributed by atoms with Crippen molar-refractivity contribution in [1.29, 1.82) is 0 Å². The van der Waals surface area contributed by atoms with Crippen molar-refractivity contribution in [3.05, 3.63) is 29.6 Å². The molecule has 1 aliphatic rings. The van der Waals surface area contributed by atoms with Crippen LogP contribution in [0.2, 0.25) is 0 Å². The predicted molar refractivity (Wildman–Crippen MR) is 83.8 cm³/mol. The lowest BCUT2D eigenvalue weighted by Crippen LogP contribution is -2.34. The number of halogens is 1. The first-order valence-corrected chi connectivity index (χ1v) is 9.06. The number of anilines is 1. The van der Waals surface area contributed by atoms with Crippen molar-refractivity contribution < 1.29 is 12.8 Å². The van der Waals surface area contributed by atoms with Crippen LogP contribution < -0.4 is 10.2 Å². The van der Waals surface area contributed by atoms with E-state index in [0.717, 1.165) is 5.69 Å².